The molecule has 168 valence electrons. The molecule has 0 aromatic heterocycles. The molecule has 0 radical (unpaired) electrons. The van der Waals surface area contributed by atoms with Crippen LogP contribution < -0.4 is 15.5 Å². The van der Waals surface area contributed by atoms with Gasteiger partial charge in [0, 0.05) is 50.0 Å². The van der Waals surface area contributed by atoms with Crippen LogP contribution in [0.3, 0.4) is 0 Å². The van der Waals surface area contributed by atoms with Gasteiger partial charge in [-0.25, -0.2) is 9.59 Å². The number of rotatable bonds is 5. The number of imide groups is 1. The van der Waals surface area contributed by atoms with E-state index in [-0.39, 0.29) is 18.0 Å². The molecule has 1 aromatic carbocycles. The van der Waals surface area contributed by atoms with Crippen molar-refractivity contribution < 1.29 is 14.4 Å². The second kappa shape index (κ2) is 8.94. The molecule has 1 saturated carbocycles. The Morgan fingerprint density at radius 1 is 1.16 bits per heavy atom. The van der Waals surface area contributed by atoms with Gasteiger partial charge in [0.1, 0.15) is 5.54 Å². The molecule has 1 aliphatic carbocycles. The number of aryl methyl sites for hydroxylation is 1. The molecule has 0 bridgehead atoms. The number of amides is 5. The van der Waals surface area contributed by atoms with Gasteiger partial charge < -0.3 is 20.4 Å². The zero-order chi connectivity index (χ0) is 22.0. The second-order valence-electron chi connectivity index (χ2n) is 8.67. The molecular weight excluding hydrogens is 418 g/mol. The van der Waals surface area contributed by atoms with Crippen molar-refractivity contribution in [3.05, 3.63) is 28.8 Å². The van der Waals surface area contributed by atoms with Gasteiger partial charge in [0.25, 0.3) is 5.91 Å². The highest BCUT2D eigenvalue weighted by Gasteiger charge is 2.52. The van der Waals surface area contributed by atoms with Crippen molar-refractivity contribution in [1.29, 1.82) is 0 Å². The highest BCUT2D eigenvalue weighted by Crippen LogP contribution is 2.35. The van der Waals surface area contributed by atoms with Crippen LogP contribution >= 0.6 is 11.6 Å². The Morgan fingerprint density at radius 2 is 1.87 bits per heavy atom. The lowest BCUT2D eigenvalue weighted by atomic mass is 9.98. The number of hydrogen-bond acceptors (Lipinski definition) is 4. The average Bonchev–Trinajstić information content (AvgIpc) is 3.32. The maximum absolute atomic E-state index is 12.6. The predicted octanol–water partition coefficient (Wildman–Crippen LogP) is 2.73. The molecule has 1 spiro atoms. The number of hydrogen-bond donors (Lipinski definition) is 2. The van der Waals surface area contributed by atoms with Crippen LogP contribution in [0.5, 0.6) is 0 Å². The van der Waals surface area contributed by atoms with Gasteiger partial charge in [-0.2, -0.15) is 0 Å². The highest BCUT2D eigenvalue weighted by molar-refractivity contribution is 6.30. The van der Waals surface area contributed by atoms with E-state index < -0.39 is 5.54 Å². The third-order valence-electron chi connectivity index (χ3n) is 6.62. The SMILES string of the molecule is Cc1ccc(Cl)cc1N1CCN(C(=O)NCCCN2C(=O)NC3(CCCC3)C2=O)CC1. The number of carbonyl (C=O) groups excluding carboxylic acids is 3. The molecule has 1 aromatic rings. The van der Waals surface area contributed by atoms with Crippen LogP contribution in [0.2, 0.25) is 5.02 Å². The maximum atomic E-state index is 12.6. The third kappa shape index (κ3) is 4.44. The lowest BCUT2D eigenvalue weighted by Crippen LogP contribution is -2.52. The van der Waals surface area contributed by atoms with Crippen LogP contribution in [0.25, 0.3) is 0 Å². The molecule has 4 rings (SSSR count). The second-order valence-corrected chi connectivity index (χ2v) is 9.10. The largest absolute Gasteiger partial charge is 0.368 e. The van der Waals surface area contributed by atoms with E-state index in [2.05, 4.69) is 22.5 Å². The van der Waals surface area contributed by atoms with Gasteiger partial charge >= 0.3 is 12.1 Å². The van der Waals surface area contributed by atoms with E-state index in [1.807, 2.05) is 18.2 Å². The molecule has 5 amide bonds. The van der Waals surface area contributed by atoms with E-state index in [9.17, 15) is 14.4 Å². The maximum Gasteiger partial charge on any atom is 0.325 e. The summed E-state index contributed by atoms with van der Waals surface area (Å²) in [5.41, 5.74) is 1.62. The zero-order valence-electron chi connectivity index (χ0n) is 18.0. The summed E-state index contributed by atoms with van der Waals surface area (Å²) in [5.74, 6) is -0.103. The van der Waals surface area contributed by atoms with E-state index in [1.54, 1.807) is 4.90 Å². The molecule has 3 aliphatic rings. The summed E-state index contributed by atoms with van der Waals surface area (Å²) in [6.45, 7) is 5.58. The molecule has 2 saturated heterocycles. The molecule has 9 heteroatoms. The van der Waals surface area contributed by atoms with Crippen LogP contribution in [-0.2, 0) is 4.79 Å². The molecule has 2 heterocycles. The van der Waals surface area contributed by atoms with Crippen molar-refractivity contribution in [3.8, 4) is 0 Å². The molecule has 3 fully saturated rings. The van der Waals surface area contributed by atoms with Crippen molar-refractivity contribution in [2.45, 2.75) is 44.6 Å². The Kier molecular flexibility index (Phi) is 6.27. The van der Waals surface area contributed by atoms with Gasteiger partial charge in [-0.15, -0.1) is 0 Å². The van der Waals surface area contributed by atoms with E-state index in [0.29, 0.717) is 37.6 Å². The number of piperazine rings is 1. The lowest BCUT2D eigenvalue weighted by Gasteiger charge is -2.36. The summed E-state index contributed by atoms with van der Waals surface area (Å²) in [5, 5.41) is 6.52. The van der Waals surface area contributed by atoms with Crippen LogP contribution in [0.1, 0.15) is 37.7 Å². The summed E-state index contributed by atoms with van der Waals surface area (Å²) < 4.78 is 0. The number of anilines is 1. The van der Waals surface area contributed by atoms with Crippen LogP contribution in [0.4, 0.5) is 15.3 Å². The summed E-state index contributed by atoms with van der Waals surface area (Å²) in [6, 6.07) is 5.46. The normalized spacial score (nSPS) is 20.5. The Labute approximate surface area is 187 Å². The molecule has 0 unspecified atom stereocenters. The Bertz CT molecular complexity index is 863. The number of nitrogens with one attached hydrogen (secondary N) is 2. The minimum Gasteiger partial charge on any atom is -0.368 e. The minimum atomic E-state index is -0.665. The molecule has 2 N–H and O–H groups in total. The number of urea groups is 2. The van der Waals surface area contributed by atoms with Crippen molar-refractivity contribution in [2.75, 3.05) is 44.2 Å². The number of carbonyl (C=O) groups is 3. The number of benzene rings is 1. The Morgan fingerprint density at radius 3 is 2.58 bits per heavy atom. The first-order chi connectivity index (χ1) is 14.9. The fourth-order valence-electron chi connectivity index (χ4n) is 4.81. The van der Waals surface area contributed by atoms with Gasteiger partial charge in [0.15, 0.2) is 0 Å². The smallest absolute Gasteiger partial charge is 0.325 e. The van der Waals surface area contributed by atoms with Gasteiger partial charge in [-0.1, -0.05) is 30.5 Å². The lowest BCUT2D eigenvalue weighted by molar-refractivity contribution is -0.131. The minimum absolute atomic E-state index is 0.103. The van der Waals surface area contributed by atoms with Crippen LogP contribution in [0, 0.1) is 6.92 Å². The van der Waals surface area contributed by atoms with Crippen LogP contribution in [0.15, 0.2) is 18.2 Å². The van der Waals surface area contributed by atoms with Gasteiger partial charge in [-0.05, 0) is 43.9 Å². The third-order valence-corrected chi connectivity index (χ3v) is 6.85. The van der Waals surface area contributed by atoms with Crippen molar-refractivity contribution in [2.24, 2.45) is 0 Å². The molecular formula is C22H30ClN5O3. The topological polar surface area (TPSA) is 85.0 Å². The van der Waals surface area contributed by atoms with Crippen molar-refractivity contribution in [3.63, 3.8) is 0 Å². The zero-order valence-corrected chi connectivity index (χ0v) is 18.7. The molecule has 0 atom stereocenters. The molecule has 31 heavy (non-hydrogen) atoms. The fourth-order valence-corrected chi connectivity index (χ4v) is 4.98. The van der Waals surface area contributed by atoms with Crippen LogP contribution in [-0.4, -0.2) is 72.6 Å². The number of nitrogens with zero attached hydrogens (tertiary/aromatic N) is 3. The molecule has 8 nitrogen and oxygen atoms in total. The fraction of sp³-hybridized carbons (Fsp3) is 0.591. The summed E-state index contributed by atoms with van der Waals surface area (Å²) in [6.07, 6.45) is 3.94. The van der Waals surface area contributed by atoms with Crippen molar-refractivity contribution in [1.82, 2.24) is 20.4 Å². The summed E-state index contributed by atoms with van der Waals surface area (Å²) >= 11 is 6.14. The first-order valence-electron chi connectivity index (χ1n) is 11.1. The predicted molar refractivity (Wildman–Crippen MR) is 119 cm³/mol. The molecule has 2 aliphatic heterocycles. The summed E-state index contributed by atoms with van der Waals surface area (Å²) in [4.78, 5) is 42.7. The van der Waals surface area contributed by atoms with E-state index in [0.717, 1.165) is 44.5 Å². The van der Waals surface area contributed by atoms with E-state index in [4.69, 9.17) is 11.6 Å². The number of halogens is 1. The highest BCUT2D eigenvalue weighted by atomic mass is 35.5. The standard InChI is InChI=1S/C22H30ClN5O3/c1-16-5-6-17(23)15-18(16)26-11-13-27(14-12-26)20(30)24-9-4-10-28-19(29)22(25-21(28)31)7-2-3-8-22/h5-6,15H,2-4,7-14H2,1H3,(H,24,30)(H,25,31). The Hall–Kier alpha value is -2.48. The van der Waals surface area contributed by atoms with Crippen molar-refractivity contribution >= 4 is 35.3 Å². The van der Waals surface area contributed by atoms with E-state index >= 15 is 0 Å². The first kappa shape index (κ1) is 21.7. The average molecular weight is 448 g/mol. The summed E-state index contributed by atoms with van der Waals surface area (Å²) in [7, 11) is 0. The van der Waals surface area contributed by atoms with E-state index in [1.165, 1.54) is 10.5 Å². The first-order valence-corrected chi connectivity index (χ1v) is 11.5. The van der Waals surface area contributed by atoms with Gasteiger partial charge in [0.05, 0.1) is 0 Å². The van der Waals surface area contributed by atoms with Gasteiger partial charge in [-0.3, -0.25) is 9.69 Å². The quantitative estimate of drug-likeness (QED) is 0.537. The van der Waals surface area contributed by atoms with Gasteiger partial charge in [0.2, 0.25) is 0 Å². The monoisotopic (exact) mass is 447 g/mol. The Balaban J connectivity index is 1.19.